The molecule has 0 spiro atoms. The van der Waals surface area contributed by atoms with Crippen molar-refractivity contribution < 1.29 is 13.9 Å². The first kappa shape index (κ1) is 15.3. The highest BCUT2D eigenvalue weighted by molar-refractivity contribution is 5.95. The number of methoxy groups -OCH3 is 1. The van der Waals surface area contributed by atoms with Crippen LogP contribution in [0.3, 0.4) is 0 Å². The third-order valence-corrected chi connectivity index (χ3v) is 3.88. The zero-order valence-electron chi connectivity index (χ0n) is 13.2. The summed E-state index contributed by atoms with van der Waals surface area (Å²) in [6, 6.07) is 17.2. The molecule has 2 aromatic carbocycles. The average Bonchev–Trinajstić information content (AvgIpc) is 2.99. The van der Waals surface area contributed by atoms with Crippen molar-refractivity contribution in [2.45, 2.75) is 13.0 Å². The number of nitrogens with one attached hydrogen (secondary N) is 1. The Morgan fingerprint density at radius 1 is 1.17 bits per heavy atom. The Morgan fingerprint density at radius 2 is 1.91 bits per heavy atom. The van der Waals surface area contributed by atoms with Crippen LogP contribution in [0.2, 0.25) is 0 Å². The van der Waals surface area contributed by atoms with Gasteiger partial charge in [-0.1, -0.05) is 36.4 Å². The number of amides is 1. The molecule has 0 aliphatic rings. The van der Waals surface area contributed by atoms with Gasteiger partial charge < -0.3 is 14.5 Å². The zero-order valence-corrected chi connectivity index (χ0v) is 13.2. The number of para-hydroxylation sites is 1. The second-order valence-corrected chi connectivity index (χ2v) is 5.44. The highest BCUT2D eigenvalue weighted by Crippen LogP contribution is 2.25. The Morgan fingerprint density at radius 3 is 2.65 bits per heavy atom. The van der Waals surface area contributed by atoms with E-state index < -0.39 is 0 Å². The van der Waals surface area contributed by atoms with Gasteiger partial charge in [0.05, 0.1) is 6.54 Å². The number of hydrogen-bond donors (Lipinski definition) is 1. The molecule has 1 aromatic heterocycles. The van der Waals surface area contributed by atoms with E-state index in [4.69, 9.17) is 9.15 Å². The third kappa shape index (κ3) is 3.27. The lowest BCUT2D eigenvalue weighted by molar-refractivity contribution is 0.0747. The summed E-state index contributed by atoms with van der Waals surface area (Å²) < 4.78 is 11.3. The topological polar surface area (TPSA) is 51.5 Å². The summed E-state index contributed by atoms with van der Waals surface area (Å²) in [7, 11) is 1.61. The Bertz CT molecular complexity index is 789. The van der Waals surface area contributed by atoms with Crippen LogP contribution < -0.4 is 5.32 Å². The largest absolute Gasteiger partial charge is 0.458 e. The quantitative estimate of drug-likeness (QED) is 0.778. The van der Waals surface area contributed by atoms with Crippen molar-refractivity contribution in [2.75, 3.05) is 13.7 Å². The number of rotatable bonds is 5. The number of furan rings is 1. The molecule has 1 heterocycles. The Kier molecular flexibility index (Phi) is 4.44. The average molecular weight is 309 g/mol. The second kappa shape index (κ2) is 6.67. The van der Waals surface area contributed by atoms with E-state index in [0.717, 1.165) is 16.5 Å². The van der Waals surface area contributed by atoms with Crippen LogP contribution in [0.25, 0.3) is 11.0 Å². The minimum atomic E-state index is -0.324. The van der Waals surface area contributed by atoms with Gasteiger partial charge >= 0.3 is 0 Å². The summed E-state index contributed by atoms with van der Waals surface area (Å²) in [5.41, 5.74) is 2.43. The van der Waals surface area contributed by atoms with Crippen LogP contribution in [0.1, 0.15) is 27.8 Å². The van der Waals surface area contributed by atoms with E-state index in [0.29, 0.717) is 17.9 Å². The molecular formula is C19H19NO3. The van der Waals surface area contributed by atoms with E-state index in [2.05, 4.69) is 5.32 Å². The van der Waals surface area contributed by atoms with Crippen LogP contribution in [-0.2, 0) is 4.74 Å². The van der Waals surface area contributed by atoms with Gasteiger partial charge in [-0.15, -0.1) is 0 Å². The highest BCUT2D eigenvalue weighted by atomic mass is 16.5. The van der Waals surface area contributed by atoms with Gasteiger partial charge in [0.1, 0.15) is 17.4 Å². The molecule has 0 saturated carbocycles. The van der Waals surface area contributed by atoms with Crippen molar-refractivity contribution in [2.24, 2.45) is 0 Å². The van der Waals surface area contributed by atoms with Crippen molar-refractivity contribution >= 4 is 16.9 Å². The van der Waals surface area contributed by atoms with E-state index in [1.165, 1.54) is 0 Å². The van der Waals surface area contributed by atoms with Gasteiger partial charge in [0.25, 0.3) is 5.91 Å². The molecule has 0 aliphatic carbocycles. The zero-order chi connectivity index (χ0) is 16.2. The summed E-state index contributed by atoms with van der Waals surface area (Å²) in [5, 5.41) is 3.93. The SMILES string of the molecule is CO[C@H](CNC(=O)c1ccccc1C)c1cc2ccccc2o1. The molecule has 0 saturated heterocycles. The Hall–Kier alpha value is -2.59. The molecule has 4 heteroatoms. The Labute approximate surface area is 135 Å². The van der Waals surface area contributed by atoms with Crippen molar-refractivity contribution in [3.63, 3.8) is 0 Å². The number of benzene rings is 2. The predicted molar refractivity (Wildman–Crippen MR) is 89.5 cm³/mol. The van der Waals surface area contributed by atoms with Gasteiger partial charge in [-0.05, 0) is 30.7 Å². The van der Waals surface area contributed by atoms with Crippen LogP contribution in [0, 0.1) is 6.92 Å². The van der Waals surface area contributed by atoms with Gasteiger partial charge in [0.2, 0.25) is 0 Å². The monoisotopic (exact) mass is 309 g/mol. The lowest BCUT2D eigenvalue weighted by atomic mass is 10.1. The predicted octanol–water partition coefficient (Wildman–Crippen LogP) is 3.86. The summed E-state index contributed by atoms with van der Waals surface area (Å²) >= 11 is 0. The fourth-order valence-electron chi connectivity index (χ4n) is 2.57. The van der Waals surface area contributed by atoms with Crippen LogP contribution in [0.15, 0.2) is 59.0 Å². The number of aryl methyl sites for hydroxylation is 1. The molecule has 3 aromatic rings. The fraction of sp³-hybridized carbons (Fsp3) is 0.211. The molecule has 0 aliphatic heterocycles. The molecule has 3 rings (SSSR count). The maximum absolute atomic E-state index is 12.3. The lowest BCUT2D eigenvalue weighted by Gasteiger charge is -2.14. The van der Waals surface area contributed by atoms with Crippen LogP contribution in [-0.4, -0.2) is 19.6 Å². The fourth-order valence-corrected chi connectivity index (χ4v) is 2.57. The van der Waals surface area contributed by atoms with Crippen molar-refractivity contribution in [1.29, 1.82) is 0 Å². The van der Waals surface area contributed by atoms with Crippen molar-refractivity contribution in [1.82, 2.24) is 5.32 Å². The van der Waals surface area contributed by atoms with Gasteiger partial charge in [-0.25, -0.2) is 0 Å². The number of carbonyl (C=O) groups excluding carboxylic acids is 1. The smallest absolute Gasteiger partial charge is 0.251 e. The summed E-state index contributed by atoms with van der Waals surface area (Å²) in [6.07, 6.45) is -0.324. The number of carbonyl (C=O) groups is 1. The number of ether oxygens (including phenoxy) is 1. The minimum Gasteiger partial charge on any atom is -0.458 e. The van der Waals surface area contributed by atoms with Crippen LogP contribution in [0.5, 0.6) is 0 Å². The maximum Gasteiger partial charge on any atom is 0.251 e. The molecule has 0 radical (unpaired) electrons. The molecule has 23 heavy (non-hydrogen) atoms. The van der Waals surface area contributed by atoms with E-state index in [9.17, 15) is 4.79 Å². The number of fused-ring (bicyclic) bond motifs is 1. The summed E-state index contributed by atoms with van der Waals surface area (Å²) in [6.45, 7) is 2.27. The molecular weight excluding hydrogens is 290 g/mol. The molecule has 0 bridgehead atoms. The van der Waals surface area contributed by atoms with Gasteiger partial charge in [0, 0.05) is 18.1 Å². The molecule has 1 N–H and O–H groups in total. The minimum absolute atomic E-state index is 0.110. The molecule has 0 fully saturated rings. The van der Waals surface area contributed by atoms with Gasteiger partial charge in [-0.3, -0.25) is 4.79 Å². The van der Waals surface area contributed by atoms with Gasteiger partial charge in [0.15, 0.2) is 0 Å². The molecule has 4 nitrogen and oxygen atoms in total. The van der Waals surface area contributed by atoms with E-state index >= 15 is 0 Å². The first-order valence-electron chi connectivity index (χ1n) is 7.54. The van der Waals surface area contributed by atoms with E-state index in [-0.39, 0.29) is 12.0 Å². The van der Waals surface area contributed by atoms with Crippen LogP contribution >= 0.6 is 0 Å². The van der Waals surface area contributed by atoms with E-state index in [1.54, 1.807) is 7.11 Å². The number of hydrogen-bond acceptors (Lipinski definition) is 3. The Balaban J connectivity index is 1.72. The first-order chi connectivity index (χ1) is 11.2. The van der Waals surface area contributed by atoms with Crippen molar-refractivity contribution in [3.05, 3.63) is 71.5 Å². The molecule has 1 amide bonds. The molecule has 1 atom stereocenters. The van der Waals surface area contributed by atoms with E-state index in [1.807, 2.05) is 61.5 Å². The highest BCUT2D eigenvalue weighted by Gasteiger charge is 2.17. The third-order valence-electron chi connectivity index (χ3n) is 3.88. The second-order valence-electron chi connectivity index (χ2n) is 5.44. The van der Waals surface area contributed by atoms with Crippen LogP contribution in [0.4, 0.5) is 0 Å². The standard InChI is InChI=1S/C19H19NO3/c1-13-7-3-5-9-15(13)19(21)20-12-18(22-2)17-11-14-8-4-6-10-16(14)23-17/h3-11,18H,12H2,1-2H3,(H,20,21)/t18-/m1/s1. The maximum atomic E-state index is 12.3. The summed E-state index contributed by atoms with van der Waals surface area (Å²) in [4.78, 5) is 12.3. The molecule has 0 unspecified atom stereocenters. The lowest BCUT2D eigenvalue weighted by Crippen LogP contribution is -2.29. The van der Waals surface area contributed by atoms with Crippen molar-refractivity contribution in [3.8, 4) is 0 Å². The first-order valence-corrected chi connectivity index (χ1v) is 7.54. The normalized spacial score (nSPS) is 12.3. The molecule has 118 valence electrons. The van der Waals surface area contributed by atoms with Gasteiger partial charge in [-0.2, -0.15) is 0 Å². The summed E-state index contributed by atoms with van der Waals surface area (Å²) in [5.74, 6) is 0.597.